The van der Waals surface area contributed by atoms with Gasteiger partial charge < -0.3 is 9.84 Å². The van der Waals surface area contributed by atoms with Crippen molar-refractivity contribution in [3.05, 3.63) is 39.4 Å². The second-order valence-corrected chi connectivity index (χ2v) is 2.81. The van der Waals surface area contributed by atoms with Crippen LogP contribution < -0.4 is 0 Å². The van der Waals surface area contributed by atoms with E-state index in [2.05, 4.69) is 4.74 Å². The zero-order chi connectivity index (χ0) is 12.1. The Balaban J connectivity index is 3.13. The molecule has 0 saturated carbocycles. The summed E-state index contributed by atoms with van der Waals surface area (Å²) >= 11 is 0. The van der Waals surface area contributed by atoms with Crippen LogP contribution in [0.5, 0.6) is 0 Å². The van der Waals surface area contributed by atoms with Gasteiger partial charge in [0.2, 0.25) is 0 Å². The molecule has 7 nitrogen and oxygen atoms in total. The molecule has 0 radical (unpaired) electrons. The SMILES string of the molecule is O=COCc1ccc(C(=O)O)cc1[N+](=O)[O-]. The molecule has 0 atom stereocenters. The summed E-state index contributed by atoms with van der Waals surface area (Å²) in [5.74, 6) is -1.26. The van der Waals surface area contributed by atoms with Gasteiger partial charge in [-0.3, -0.25) is 14.9 Å². The van der Waals surface area contributed by atoms with Gasteiger partial charge in [0.05, 0.1) is 16.1 Å². The van der Waals surface area contributed by atoms with Crippen LogP contribution in [0.15, 0.2) is 18.2 Å². The van der Waals surface area contributed by atoms with Gasteiger partial charge in [-0.25, -0.2) is 4.79 Å². The zero-order valence-electron chi connectivity index (χ0n) is 7.95. The van der Waals surface area contributed by atoms with Gasteiger partial charge in [0.15, 0.2) is 0 Å². The molecule has 0 heterocycles. The van der Waals surface area contributed by atoms with E-state index in [-0.39, 0.29) is 29.9 Å². The second-order valence-electron chi connectivity index (χ2n) is 2.81. The maximum Gasteiger partial charge on any atom is 0.335 e. The van der Waals surface area contributed by atoms with Crippen molar-refractivity contribution < 1.29 is 24.4 Å². The van der Waals surface area contributed by atoms with Crippen molar-refractivity contribution in [2.45, 2.75) is 6.61 Å². The van der Waals surface area contributed by atoms with E-state index in [9.17, 15) is 19.7 Å². The highest BCUT2D eigenvalue weighted by atomic mass is 16.6. The average Bonchev–Trinajstić information content (AvgIpc) is 2.25. The Morgan fingerprint density at radius 2 is 2.25 bits per heavy atom. The molecule has 0 aliphatic heterocycles. The first kappa shape index (κ1) is 11.6. The fourth-order valence-electron chi connectivity index (χ4n) is 1.11. The number of hydrogen-bond donors (Lipinski definition) is 1. The summed E-state index contributed by atoms with van der Waals surface area (Å²) in [7, 11) is 0. The largest absolute Gasteiger partial charge is 0.478 e. The quantitative estimate of drug-likeness (QED) is 0.454. The van der Waals surface area contributed by atoms with Crippen molar-refractivity contribution in [2.75, 3.05) is 0 Å². The Hall–Kier alpha value is -2.44. The predicted molar refractivity (Wildman–Crippen MR) is 50.9 cm³/mol. The van der Waals surface area contributed by atoms with E-state index < -0.39 is 10.9 Å². The fraction of sp³-hybridized carbons (Fsp3) is 0.111. The summed E-state index contributed by atoms with van der Waals surface area (Å²) in [4.78, 5) is 30.4. The number of carboxylic acids is 1. The summed E-state index contributed by atoms with van der Waals surface area (Å²) in [5, 5.41) is 19.3. The zero-order valence-corrected chi connectivity index (χ0v) is 7.95. The van der Waals surface area contributed by atoms with Gasteiger partial charge in [-0.1, -0.05) is 0 Å². The van der Waals surface area contributed by atoms with E-state index in [0.717, 1.165) is 6.07 Å². The average molecular weight is 225 g/mol. The van der Waals surface area contributed by atoms with Crippen LogP contribution in [0.2, 0.25) is 0 Å². The standard InChI is InChI=1S/C9H7NO6/c11-5-16-4-7-2-1-6(9(12)13)3-8(7)10(14)15/h1-3,5H,4H2,(H,12,13). The van der Waals surface area contributed by atoms with Crippen molar-refractivity contribution >= 4 is 18.1 Å². The molecule has 0 aliphatic carbocycles. The summed E-state index contributed by atoms with van der Waals surface area (Å²) < 4.78 is 4.38. The summed E-state index contributed by atoms with van der Waals surface area (Å²) in [6, 6.07) is 3.37. The number of benzene rings is 1. The lowest BCUT2D eigenvalue weighted by atomic mass is 10.1. The number of nitro benzene ring substituents is 1. The minimum atomic E-state index is -1.26. The molecule has 7 heteroatoms. The molecule has 0 amide bonds. The van der Waals surface area contributed by atoms with Gasteiger partial charge in [-0.15, -0.1) is 0 Å². The Kier molecular flexibility index (Phi) is 3.54. The maximum absolute atomic E-state index is 10.6. The molecule has 1 N–H and O–H groups in total. The number of rotatable bonds is 5. The third-order valence-electron chi connectivity index (χ3n) is 1.84. The fourth-order valence-corrected chi connectivity index (χ4v) is 1.11. The number of hydrogen-bond acceptors (Lipinski definition) is 5. The summed E-state index contributed by atoms with van der Waals surface area (Å²) in [5.41, 5.74) is -0.439. The van der Waals surface area contributed by atoms with Crippen LogP contribution in [-0.2, 0) is 16.1 Å². The highest BCUT2D eigenvalue weighted by molar-refractivity contribution is 5.88. The Morgan fingerprint density at radius 3 is 2.75 bits per heavy atom. The molecule has 0 saturated heterocycles. The second kappa shape index (κ2) is 4.87. The van der Waals surface area contributed by atoms with Crippen LogP contribution in [0, 0.1) is 10.1 Å². The Labute approximate surface area is 89.4 Å². The molecule has 16 heavy (non-hydrogen) atoms. The lowest BCUT2D eigenvalue weighted by Crippen LogP contribution is -2.02. The molecule has 1 rings (SSSR count). The van der Waals surface area contributed by atoms with E-state index in [0.29, 0.717) is 0 Å². The first-order valence-electron chi connectivity index (χ1n) is 4.12. The van der Waals surface area contributed by atoms with Gasteiger partial charge >= 0.3 is 5.97 Å². The minimum absolute atomic E-state index is 0.141. The number of carbonyl (C=O) groups is 2. The smallest absolute Gasteiger partial charge is 0.335 e. The molecule has 1 aromatic rings. The Bertz CT molecular complexity index is 442. The molecule has 1 aromatic carbocycles. The normalized spacial score (nSPS) is 9.50. The number of carbonyl (C=O) groups excluding carboxylic acids is 1. The van der Waals surface area contributed by atoms with Crippen molar-refractivity contribution in [3.63, 3.8) is 0 Å². The van der Waals surface area contributed by atoms with E-state index in [1.165, 1.54) is 12.1 Å². The van der Waals surface area contributed by atoms with E-state index in [1.807, 2.05) is 0 Å². The van der Waals surface area contributed by atoms with Gasteiger partial charge in [0, 0.05) is 6.07 Å². The van der Waals surface area contributed by atoms with Gasteiger partial charge in [0.25, 0.3) is 12.2 Å². The molecule has 0 aliphatic rings. The van der Waals surface area contributed by atoms with E-state index in [4.69, 9.17) is 5.11 Å². The van der Waals surface area contributed by atoms with Crippen molar-refractivity contribution in [3.8, 4) is 0 Å². The minimum Gasteiger partial charge on any atom is -0.478 e. The van der Waals surface area contributed by atoms with Crippen LogP contribution in [0.1, 0.15) is 15.9 Å². The number of nitrogens with zero attached hydrogens (tertiary/aromatic N) is 1. The van der Waals surface area contributed by atoms with Crippen LogP contribution >= 0.6 is 0 Å². The van der Waals surface area contributed by atoms with Crippen molar-refractivity contribution in [1.29, 1.82) is 0 Å². The van der Waals surface area contributed by atoms with E-state index in [1.54, 1.807) is 0 Å². The molecule has 0 unspecified atom stereocenters. The molecule has 84 valence electrons. The van der Waals surface area contributed by atoms with Gasteiger partial charge in [-0.2, -0.15) is 0 Å². The van der Waals surface area contributed by atoms with Gasteiger partial charge in [-0.05, 0) is 12.1 Å². The first-order chi connectivity index (χ1) is 7.56. The lowest BCUT2D eigenvalue weighted by molar-refractivity contribution is -0.385. The number of carboxylic acid groups (broad SMARTS) is 1. The maximum atomic E-state index is 10.6. The number of nitro groups is 1. The lowest BCUT2D eigenvalue weighted by Gasteiger charge is -2.02. The van der Waals surface area contributed by atoms with Crippen LogP contribution in [0.25, 0.3) is 0 Å². The van der Waals surface area contributed by atoms with Crippen molar-refractivity contribution in [2.24, 2.45) is 0 Å². The third-order valence-corrected chi connectivity index (χ3v) is 1.84. The monoisotopic (exact) mass is 225 g/mol. The Morgan fingerprint density at radius 1 is 1.56 bits per heavy atom. The molecule has 0 bridgehead atoms. The third kappa shape index (κ3) is 2.53. The van der Waals surface area contributed by atoms with Crippen LogP contribution in [0.3, 0.4) is 0 Å². The molecule has 0 aromatic heterocycles. The number of aromatic carboxylic acids is 1. The van der Waals surface area contributed by atoms with E-state index >= 15 is 0 Å². The van der Waals surface area contributed by atoms with Crippen LogP contribution in [0.4, 0.5) is 5.69 Å². The first-order valence-corrected chi connectivity index (χ1v) is 4.12. The number of ether oxygens (including phenoxy) is 1. The van der Waals surface area contributed by atoms with Crippen LogP contribution in [-0.4, -0.2) is 22.5 Å². The molecule has 0 fully saturated rings. The van der Waals surface area contributed by atoms with Crippen molar-refractivity contribution in [1.82, 2.24) is 0 Å². The molecule has 0 spiro atoms. The summed E-state index contributed by atoms with van der Waals surface area (Å²) in [6.07, 6.45) is 0. The molecular formula is C9H7NO6. The highest BCUT2D eigenvalue weighted by Crippen LogP contribution is 2.21. The van der Waals surface area contributed by atoms with Gasteiger partial charge in [0.1, 0.15) is 6.61 Å². The topological polar surface area (TPSA) is 107 Å². The predicted octanol–water partition coefficient (Wildman–Crippen LogP) is 0.966. The summed E-state index contributed by atoms with van der Waals surface area (Å²) in [6.45, 7) is -0.103. The molecular weight excluding hydrogens is 218 g/mol. The highest BCUT2D eigenvalue weighted by Gasteiger charge is 2.17.